The van der Waals surface area contributed by atoms with Gasteiger partial charge in [0.1, 0.15) is 0 Å². The largest absolute Gasteiger partial charge is 0.385 e. The van der Waals surface area contributed by atoms with Crippen LogP contribution in [0, 0.1) is 0 Å². The van der Waals surface area contributed by atoms with E-state index >= 15 is 0 Å². The summed E-state index contributed by atoms with van der Waals surface area (Å²) >= 11 is 0. The molecule has 1 N–H and O–H groups in total. The molecule has 4 nitrogen and oxygen atoms in total. The lowest BCUT2D eigenvalue weighted by Crippen LogP contribution is -2.47. The van der Waals surface area contributed by atoms with Gasteiger partial charge >= 0.3 is 0 Å². The number of hydrogen-bond acceptors (Lipinski definition) is 2. The normalized spacial score (nSPS) is 30.2. The van der Waals surface area contributed by atoms with Crippen LogP contribution in [0.1, 0.15) is 18.4 Å². The predicted molar refractivity (Wildman–Crippen MR) is 52.5 cm³/mol. The standard InChI is InChI=1S/C10H11N3O/c11-13-12-9-6-7-10(9,14)8-4-2-1-3-5-8/h1-5,9,14H,6-7H2. The third-order valence-electron chi connectivity index (χ3n) is 2.81. The first-order chi connectivity index (χ1) is 6.77. The molecule has 0 bridgehead atoms. The highest BCUT2D eigenvalue weighted by atomic mass is 16.3. The molecular formula is C10H11N3O. The van der Waals surface area contributed by atoms with E-state index in [1.807, 2.05) is 30.3 Å². The lowest BCUT2D eigenvalue weighted by molar-refractivity contribution is -0.0601. The molecule has 0 aliphatic heterocycles. The molecule has 0 radical (unpaired) electrons. The third-order valence-corrected chi connectivity index (χ3v) is 2.81. The fourth-order valence-electron chi connectivity index (χ4n) is 1.83. The van der Waals surface area contributed by atoms with Crippen LogP contribution in [-0.4, -0.2) is 11.1 Å². The Morgan fingerprint density at radius 1 is 1.43 bits per heavy atom. The van der Waals surface area contributed by atoms with Gasteiger partial charge in [-0.2, -0.15) is 0 Å². The zero-order chi connectivity index (χ0) is 10.0. The molecule has 2 unspecified atom stereocenters. The van der Waals surface area contributed by atoms with Crippen molar-refractivity contribution in [3.63, 3.8) is 0 Å². The van der Waals surface area contributed by atoms with E-state index in [0.29, 0.717) is 6.42 Å². The second kappa shape index (κ2) is 3.33. The Hall–Kier alpha value is -1.51. The highest BCUT2D eigenvalue weighted by Crippen LogP contribution is 2.43. The maximum atomic E-state index is 10.2. The van der Waals surface area contributed by atoms with Crippen LogP contribution in [-0.2, 0) is 5.60 Å². The van der Waals surface area contributed by atoms with Crippen molar-refractivity contribution in [2.45, 2.75) is 24.5 Å². The van der Waals surface area contributed by atoms with Crippen LogP contribution in [0.3, 0.4) is 0 Å². The van der Waals surface area contributed by atoms with E-state index < -0.39 is 5.60 Å². The Bertz CT molecular complexity index is 372. The van der Waals surface area contributed by atoms with Gasteiger partial charge in [0.2, 0.25) is 0 Å². The Kier molecular flexibility index (Phi) is 2.15. The van der Waals surface area contributed by atoms with Crippen molar-refractivity contribution in [3.05, 3.63) is 46.3 Å². The van der Waals surface area contributed by atoms with E-state index in [4.69, 9.17) is 5.53 Å². The van der Waals surface area contributed by atoms with Gasteiger partial charge in [0, 0.05) is 4.91 Å². The maximum Gasteiger partial charge on any atom is 0.0981 e. The first kappa shape index (κ1) is 9.06. The zero-order valence-corrected chi connectivity index (χ0v) is 7.67. The number of benzene rings is 1. The van der Waals surface area contributed by atoms with Crippen LogP contribution in [0.5, 0.6) is 0 Å². The lowest BCUT2D eigenvalue weighted by Gasteiger charge is -2.43. The molecule has 4 heteroatoms. The van der Waals surface area contributed by atoms with E-state index in [1.54, 1.807) is 0 Å². The molecular weight excluding hydrogens is 178 g/mol. The van der Waals surface area contributed by atoms with Gasteiger partial charge in [0.25, 0.3) is 0 Å². The van der Waals surface area contributed by atoms with E-state index in [9.17, 15) is 5.11 Å². The number of nitrogens with zero attached hydrogens (tertiary/aromatic N) is 3. The van der Waals surface area contributed by atoms with Crippen LogP contribution in [0.4, 0.5) is 0 Å². The molecule has 0 amide bonds. The molecule has 72 valence electrons. The summed E-state index contributed by atoms with van der Waals surface area (Å²) in [6.07, 6.45) is 1.43. The fourth-order valence-corrected chi connectivity index (χ4v) is 1.83. The molecule has 1 aromatic rings. The molecule has 0 spiro atoms. The average Bonchev–Trinajstić information content (AvgIpc) is 2.24. The van der Waals surface area contributed by atoms with Gasteiger partial charge in [-0.05, 0) is 23.9 Å². The predicted octanol–water partition coefficient (Wildman–Crippen LogP) is 2.35. The van der Waals surface area contributed by atoms with Crippen molar-refractivity contribution in [1.29, 1.82) is 0 Å². The molecule has 14 heavy (non-hydrogen) atoms. The van der Waals surface area contributed by atoms with Crippen LogP contribution >= 0.6 is 0 Å². The Balaban J connectivity index is 2.30. The summed E-state index contributed by atoms with van der Waals surface area (Å²) in [5.41, 5.74) is 8.23. The Morgan fingerprint density at radius 2 is 2.14 bits per heavy atom. The van der Waals surface area contributed by atoms with Gasteiger partial charge in [0.15, 0.2) is 0 Å². The second-order valence-electron chi connectivity index (χ2n) is 3.55. The summed E-state index contributed by atoms with van der Waals surface area (Å²) in [7, 11) is 0. The first-order valence-corrected chi connectivity index (χ1v) is 4.59. The molecule has 2 atom stereocenters. The topological polar surface area (TPSA) is 69.0 Å². The molecule has 0 heterocycles. The van der Waals surface area contributed by atoms with Gasteiger partial charge in [-0.15, -0.1) is 0 Å². The van der Waals surface area contributed by atoms with Crippen LogP contribution in [0.25, 0.3) is 10.4 Å². The van der Waals surface area contributed by atoms with Gasteiger partial charge in [-0.3, -0.25) is 0 Å². The summed E-state index contributed by atoms with van der Waals surface area (Å²) < 4.78 is 0. The molecule has 1 aromatic carbocycles. The van der Waals surface area contributed by atoms with Crippen LogP contribution in [0.15, 0.2) is 35.4 Å². The first-order valence-electron chi connectivity index (χ1n) is 4.59. The van der Waals surface area contributed by atoms with Crippen LogP contribution < -0.4 is 0 Å². The van der Waals surface area contributed by atoms with Gasteiger partial charge < -0.3 is 5.11 Å². The minimum absolute atomic E-state index is 0.310. The molecule has 0 aromatic heterocycles. The van der Waals surface area contributed by atoms with Gasteiger partial charge in [-0.25, -0.2) is 0 Å². The van der Waals surface area contributed by atoms with Crippen molar-refractivity contribution in [2.24, 2.45) is 5.11 Å². The summed E-state index contributed by atoms with van der Waals surface area (Å²) in [4.78, 5) is 2.74. The Labute approximate surface area is 81.8 Å². The number of aliphatic hydroxyl groups is 1. The van der Waals surface area contributed by atoms with Gasteiger partial charge in [0.05, 0.1) is 11.6 Å². The second-order valence-corrected chi connectivity index (χ2v) is 3.55. The van der Waals surface area contributed by atoms with Gasteiger partial charge in [-0.1, -0.05) is 35.4 Å². The summed E-state index contributed by atoms with van der Waals surface area (Å²) in [5, 5.41) is 13.8. The summed E-state index contributed by atoms with van der Waals surface area (Å²) in [6.45, 7) is 0. The number of azide groups is 1. The van der Waals surface area contributed by atoms with Crippen molar-refractivity contribution in [3.8, 4) is 0 Å². The average molecular weight is 189 g/mol. The summed E-state index contributed by atoms with van der Waals surface area (Å²) in [5.74, 6) is 0. The molecule has 1 fully saturated rings. The van der Waals surface area contributed by atoms with E-state index in [1.165, 1.54) is 0 Å². The molecule has 2 rings (SSSR count). The van der Waals surface area contributed by atoms with Crippen LogP contribution in [0.2, 0.25) is 0 Å². The maximum absolute atomic E-state index is 10.2. The smallest absolute Gasteiger partial charge is 0.0981 e. The summed E-state index contributed by atoms with van der Waals surface area (Å²) in [6, 6.07) is 9.05. The lowest BCUT2D eigenvalue weighted by atomic mass is 9.71. The molecule has 1 aliphatic rings. The highest BCUT2D eigenvalue weighted by molar-refractivity contribution is 5.27. The van der Waals surface area contributed by atoms with Crippen molar-refractivity contribution in [1.82, 2.24) is 0 Å². The third kappa shape index (κ3) is 1.25. The van der Waals surface area contributed by atoms with Crippen molar-refractivity contribution < 1.29 is 5.11 Å². The van der Waals surface area contributed by atoms with E-state index in [-0.39, 0.29) is 6.04 Å². The minimum atomic E-state index is -0.937. The van der Waals surface area contributed by atoms with Crippen molar-refractivity contribution in [2.75, 3.05) is 0 Å². The minimum Gasteiger partial charge on any atom is -0.385 e. The quantitative estimate of drug-likeness (QED) is 0.433. The molecule has 0 saturated heterocycles. The zero-order valence-electron chi connectivity index (χ0n) is 7.67. The highest BCUT2D eigenvalue weighted by Gasteiger charge is 2.45. The van der Waals surface area contributed by atoms with Crippen molar-refractivity contribution >= 4 is 0 Å². The fraction of sp³-hybridized carbons (Fsp3) is 0.400. The molecule has 1 aliphatic carbocycles. The number of hydrogen-bond donors (Lipinski definition) is 1. The number of rotatable bonds is 2. The Morgan fingerprint density at radius 3 is 2.64 bits per heavy atom. The SMILES string of the molecule is [N-]=[N+]=NC1CCC1(O)c1ccccc1. The van der Waals surface area contributed by atoms with E-state index in [2.05, 4.69) is 10.0 Å². The van der Waals surface area contributed by atoms with E-state index in [0.717, 1.165) is 12.0 Å². The molecule has 1 saturated carbocycles. The monoisotopic (exact) mass is 189 g/mol.